The highest BCUT2D eigenvalue weighted by Crippen LogP contribution is 2.41. The Morgan fingerprint density at radius 3 is 2.33 bits per heavy atom. The summed E-state index contributed by atoms with van der Waals surface area (Å²) in [4.78, 5) is 30.3. The maximum atomic E-state index is 13.4. The van der Waals surface area contributed by atoms with Crippen molar-refractivity contribution in [3.05, 3.63) is 105 Å². The average molecular weight is 568 g/mol. The van der Waals surface area contributed by atoms with E-state index in [0.29, 0.717) is 52.2 Å². The lowest BCUT2D eigenvalue weighted by Crippen LogP contribution is -2.38. The van der Waals surface area contributed by atoms with Crippen LogP contribution in [0, 0.1) is 6.92 Å². The molecular formula is C31H32Cl2N2O4. The van der Waals surface area contributed by atoms with Crippen LogP contribution in [0.25, 0.3) is 5.76 Å². The van der Waals surface area contributed by atoms with E-state index in [0.717, 1.165) is 18.7 Å². The molecular weight excluding hydrogens is 535 g/mol. The van der Waals surface area contributed by atoms with Gasteiger partial charge in [-0.1, -0.05) is 73.4 Å². The van der Waals surface area contributed by atoms with Gasteiger partial charge in [-0.2, -0.15) is 0 Å². The number of carbonyl (C=O) groups excluding carboxylic acids is 2. The molecule has 8 heteroatoms. The molecule has 204 valence electrons. The molecule has 0 aliphatic carbocycles. The Kier molecular flexibility index (Phi) is 9.33. The molecule has 1 heterocycles. The van der Waals surface area contributed by atoms with Gasteiger partial charge in [0.25, 0.3) is 11.7 Å². The van der Waals surface area contributed by atoms with Crippen molar-refractivity contribution in [2.75, 3.05) is 26.2 Å². The number of ketones is 1. The minimum Gasteiger partial charge on any atom is -0.507 e. The van der Waals surface area contributed by atoms with Gasteiger partial charge in [-0.15, -0.1) is 0 Å². The number of carbonyl (C=O) groups is 2. The molecule has 0 radical (unpaired) electrons. The summed E-state index contributed by atoms with van der Waals surface area (Å²) in [5, 5.41) is 12.2. The highest BCUT2D eigenvalue weighted by Gasteiger charge is 2.46. The minimum atomic E-state index is -0.802. The van der Waals surface area contributed by atoms with E-state index in [1.807, 2.05) is 57.2 Å². The Balaban J connectivity index is 1.71. The second-order valence-electron chi connectivity index (χ2n) is 9.44. The maximum absolute atomic E-state index is 13.4. The fourth-order valence-corrected chi connectivity index (χ4v) is 5.11. The van der Waals surface area contributed by atoms with Gasteiger partial charge in [0.05, 0.1) is 21.7 Å². The molecule has 1 N–H and O–H groups in total. The number of ether oxygens (including phenoxy) is 1. The van der Waals surface area contributed by atoms with Crippen molar-refractivity contribution >= 4 is 40.7 Å². The summed E-state index contributed by atoms with van der Waals surface area (Å²) in [5.41, 5.74) is 2.83. The highest BCUT2D eigenvalue weighted by molar-refractivity contribution is 6.47. The largest absolute Gasteiger partial charge is 0.507 e. The van der Waals surface area contributed by atoms with E-state index in [-0.39, 0.29) is 11.3 Å². The van der Waals surface area contributed by atoms with E-state index in [9.17, 15) is 14.7 Å². The zero-order valence-electron chi connectivity index (χ0n) is 22.3. The van der Waals surface area contributed by atoms with Crippen LogP contribution in [0.15, 0.2) is 72.3 Å². The summed E-state index contributed by atoms with van der Waals surface area (Å²) in [6.07, 6.45) is 0. The molecule has 0 saturated carbocycles. The lowest BCUT2D eigenvalue weighted by atomic mass is 9.94. The number of rotatable bonds is 10. The number of benzene rings is 3. The van der Waals surface area contributed by atoms with Crippen molar-refractivity contribution < 1.29 is 19.4 Å². The first-order valence-electron chi connectivity index (χ1n) is 13.0. The van der Waals surface area contributed by atoms with Crippen molar-refractivity contribution in [1.29, 1.82) is 0 Å². The standard InChI is InChI=1S/C31H32Cl2N2O4/c1-4-34(5-2)15-16-35-28(22-11-14-25(32)26(33)18-22)27(30(37)31(35)38)29(36)24-13-12-23(17-20(24)3)39-19-21-9-7-6-8-10-21/h6-14,17-18,28,36H,4-5,15-16,19H2,1-3H3/b29-27+/t28-/m1/s1. The van der Waals surface area contributed by atoms with Crippen LogP contribution in [0.2, 0.25) is 10.0 Å². The number of aryl methyl sites for hydroxylation is 1. The van der Waals surface area contributed by atoms with Crippen molar-refractivity contribution in [3.8, 4) is 5.75 Å². The number of hydrogen-bond donors (Lipinski definition) is 1. The molecule has 1 amide bonds. The fourth-order valence-electron chi connectivity index (χ4n) is 4.81. The second kappa shape index (κ2) is 12.7. The third-order valence-electron chi connectivity index (χ3n) is 7.05. The molecule has 0 unspecified atom stereocenters. The molecule has 1 saturated heterocycles. The Hall–Kier alpha value is -3.32. The number of nitrogens with zero attached hydrogens (tertiary/aromatic N) is 2. The SMILES string of the molecule is CCN(CC)CCN1C(=O)C(=O)/C(=C(/O)c2ccc(OCc3ccccc3)cc2C)[C@H]1c1ccc(Cl)c(Cl)c1. The molecule has 3 aromatic carbocycles. The fraction of sp³-hybridized carbons (Fsp3) is 0.290. The molecule has 1 aliphatic rings. The van der Waals surface area contributed by atoms with E-state index in [2.05, 4.69) is 4.90 Å². The quantitative estimate of drug-likeness (QED) is 0.169. The molecule has 3 aromatic rings. The second-order valence-corrected chi connectivity index (χ2v) is 10.3. The number of Topliss-reactive ketones (excluding diaryl/α,β-unsaturated/α-hetero) is 1. The van der Waals surface area contributed by atoms with Crippen LogP contribution < -0.4 is 4.74 Å². The monoisotopic (exact) mass is 566 g/mol. The first-order chi connectivity index (χ1) is 18.7. The lowest BCUT2D eigenvalue weighted by Gasteiger charge is -2.28. The molecule has 0 aromatic heterocycles. The van der Waals surface area contributed by atoms with E-state index < -0.39 is 17.7 Å². The molecule has 4 rings (SSSR count). The van der Waals surface area contributed by atoms with Gasteiger partial charge < -0.3 is 19.6 Å². The summed E-state index contributed by atoms with van der Waals surface area (Å²) in [5.74, 6) is -0.984. The van der Waals surface area contributed by atoms with Crippen LogP contribution in [0.5, 0.6) is 5.75 Å². The summed E-state index contributed by atoms with van der Waals surface area (Å²) >= 11 is 12.5. The number of likely N-dealkylation sites (tertiary alicyclic amines) is 1. The van der Waals surface area contributed by atoms with Gasteiger partial charge in [0.15, 0.2) is 0 Å². The summed E-state index contributed by atoms with van der Waals surface area (Å²) in [6, 6.07) is 19.3. The molecule has 1 aliphatic heterocycles. The number of halogens is 2. The molecule has 6 nitrogen and oxygen atoms in total. The van der Waals surface area contributed by atoms with Gasteiger partial charge in [-0.3, -0.25) is 9.59 Å². The van der Waals surface area contributed by atoms with Crippen LogP contribution in [-0.2, 0) is 16.2 Å². The van der Waals surface area contributed by atoms with E-state index in [4.69, 9.17) is 27.9 Å². The first-order valence-corrected chi connectivity index (χ1v) is 13.7. The van der Waals surface area contributed by atoms with E-state index in [1.54, 1.807) is 30.3 Å². The molecule has 39 heavy (non-hydrogen) atoms. The predicted octanol–water partition coefficient (Wildman–Crippen LogP) is 6.64. The summed E-state index contributed by atoms with van der Waals surface area (Å²) in [6.45, 7) is 8.86. The Bertz CT molecular complexity index is 1390. The van der Waals surface area contributed by atoms with Crippen LogP contribution >= 0.6 is 23.2 Å². The minimum absolute atomic E-state index is 0.0268. The van der Waals surface area contributed by atoms with Crippen LogP contribution in [0.3, 0.4) is 0 Å². The van der Waals surface area contributed by atoms with E-state index >= 15 is 0 Å². The number of likely N-dealkylation sites (N-methyl/N-ethyl adjacent to an activating group) is 1. The number of aliphatic hydroxyl groups is 1. The van der Waals surface area contributed by atoms with E-state index in [1.165, 1.54) is 4.90 Å². The lowest BCUT2D eigenvalue weighted by molar-refractivity contribution is -0.140. The van der Waals surface area contributed by atoms with Crippen molar-refractivity contribution in [3.63, 3.8) is 0 Å². The number of aliphatic hydroxyl groups excluding tert-OH is 1. The van der Waals surface area contributed by atoms with Gasteiger partial charge in [0.1, 0.15) is 18.1 Å². The molecule has 1 atom stereocenters. The Morgan fingerprint density at radius 2 is 1.69 bits per heavy atom. The van der Waals surface area contributed by atoms with Crippen LogP contribution in [0.4, 0.5) is 0 Å². The third kappa shape index (κ3) is 6.30. The van der Waals surface area contributed by atoms with Crippen molar-refractivity contribution in [1.82, 2.24) is 9.80 Å². The normalized spacial score (nSPS) is 16.8. The highest BCUT2D eigenvalue weighted by atomic mass is 35.5. The molecule has 1 fully saturated rings. The zero-order valence-corrected chi connectivity index (χ0v) is 23.8. The van der Waals surface area contributed by atoms with Gasteiger partial charge in [-0.05, 0) is 67.0 Å². The number of amides is 1. The summed E-state index contributed by atoms with van der Waals surface area (Å²) < 4.78 is 5.92. The third-order valence-corrected chi connectivity index (χ3v) is 7.79. The number of hydrogen-bond acceptors (Lipinski definition) is 5. The van der Waals surface area contributed by atoms with Gasteiger partial charge in [0.2, 0.25) is 0 Å². The van der Waals surface area contributed by atoms with Crippen LogP contribution in [-0.4, -0.2) is 52.8 Å². The summed E-state index contributed by atoms with van der Waals surface area (Å²) in [7, 11) is 0. The predicted molar refractivity (Wildman–Crippen MR) is 155 cm³/mol. The molecule has 0 spiro atoms. The Morgan fingerprint density at radius 1 is 0.974 bits per heavy atom. The zero-order chi connectivity index (χ0) is 28.1. The van der Waals surface area contributed by atoms with Crippen molar-refractivity contribution in [2.24, 2.45) is 0 Å². The van der Waals surface area contributed by atoms with Gasteiger partial charge in [0, 0.05) is 18.7 Å². The topological polar surface area (TPSA) is 70.1 Å². The van der Waals surface area contributed by atoms with Gasteiger partial charge >= 0.3 is 0 Å². The smallest absolute Gasteiger partial charge is 0.295 e. The van der Waals surface area contributed by atoms with Gasteiger partial charge in [-0.25, -0.2) is 0 Å². The first kappa shape index (κ1) is 28.7. The molecule has 0 bridgehead atoms. The Labute approximate surface area is 239 Å². The maximum Gasteiger partial charge on any atom is 0.295 e. The van der Waals surface area contributed by atoms with Crippen LogP contribution in [0.1, 0.15) is 42.1 Å². The average Bonchev–Trinajstić information content (AvgIpc) is 3.19. The van der Waals surface area contributed by atoms with Crippen molar-refractivity contribution in [2.45, 2.75) is 33.4 Å².